The van der Waals surface area contributed by atoms with Crippen molar-refractivity contribution in [2.45, 2.75) is 24.9 Å². The number of hydroxylamine groups is 1. The van der Waals surface area contributed by atoms with Gasteiger partial charge in [-0.3, -0.25) is 9.59 Å². The van der Waals surface area contributed by atoms with Crippen LogP contribution in [-0.2, 0) is 19.1 Å². The van der Waals surface area contributed by atoms with Crippen LogP contribution in [0.3, 0.4) is 0 Å². The first kappa shape index (κ1) is 22.5. The second-order valence-corrected chi connectivity index (χ2v) is 7.70. The van der Waals surface area contributed by atoms with Gasteiger partial charge in [-0.15, -0.1) is 0 Å². The molecule has 1 aromatic carbocycles. The van der Waals surface area contributed by atoms with Gasteiger partial charge in [-0.2, -0.15) is 13.2 Å². The van der Waals surface area contributed by atoms with Crippen LogP contribution in [0.2, 0.25) is 0 Å². The van der Waals surface area contributed by atoms with Gasteiger partial charge >= 0.3 is 6.18 Å². The summed E-state index contributed by atoms with van der Waals surface area (Å²) in [6.45, 7) is 2.43. The van der Waals surface area contributed by atoms with Crippen molar-refractivity contribution in [1.82, 2.24) is 15.7 Å². The lowest BCUT2D eigenvalue weighted by Crippen LogP contribution is -2.55. The van der Waals surface area contributed by atoms with Crippen LogP contribution in [-0.4, -0.2) is 80.5 Å². The lowest BCUT2D eigenvalue weighted by atomic mass is 10.1. The Labute approximate surface area is 181 Å². The highest BCUT2D eigenvalue weighted by molar-refractivity contribution is 6.00. The molecule has 0 bridgehead atoms. The zero-order valence-corrected chi connectivity index (χ0v) is 17.1. The predicted octanol–water partition coefficient (Wildman–Crippen LogP) is 0.850. The summed E-state index contributed by atoms with van der Waals surface area (Å²) in [7, 11) is 0. The van der Waals surface area contributed by atoms with Gasteiger partial charge in [0.25, 0.3) is 12.1 Å². The number of nitrogens with one attached hydrogen (secondary N) is 2. The fraction of sp³-hybridized carbons (Fsp3) is 0.550. The molecule has 2 N–H and O–H groups in total. The highest BCUT2D eigenvalue weighted by Gasteiger charge is 2.44. The topological polar surface area (TPSA) is 101 Å². The van der Waals surface area contributed by atoms with Crippen LogP contribution in [0, 0.1) is 5.92 Å². The number of morpholine rings is 1. The third-order valence-electron chi connectivity index (χ3n) is 5.50. The molecule has 4 rings (SSSR count). The van der Waals surface area contributed by atoms with Crippen LogP contribution < -0.4 is 10.8 Å². The van der Waals surface area contributed by atoms with Crippen molar-refractivity contribution in [2.75, 3.05) is 39.5 Å². The Morgan fingerprint density at radius 3 is 2.56 bits per heavy atom. The molecule has 0 radical (unpaired) electrons. The molecule has 3 aliphatic rings. The molecule has 3 heterocycles. The first-order valence-corrected chi connectivity index (χ1v) is 10.2. The predicted molar refractivity (Wildman–Crippen MR) is 105 cm³/mol. The van der Waals surface area contributed by atoms with Gasteiger partial charge in [0.2, 0.25) is 5.91 Å². The summed E-state index contributed by atoms with van der Waals surface area (Å²) in [5.41, 5.74) is 2.82. The number of hydrogen-bond donors (Lipinski definition) is 2. The highest BCUT2D eigenvalue weighted by atomic mass is 19.4. The van der Waals surface area contributed by atoms with Crippen molar-refractivity contribution in [3.63, 3.8) is 0 Å². The fourth-order valence-corrected chi connectivity index (χ4v) is 3.72. The molecule has 0 aromatic heterocycles. The van der Waals surface area contributed by atoms with Gasteiger partial charge in [0, 0.05) is 30.8 Å². The van der Waals surface area contributed by atoms with Gasteiger partial charge < -0.3 is 19.7 Å². The monoisotopic (exact) mass is 456 g/mol. The van der Waals surface area contributed by atoms with Crippen molar-refractivity contribution in [3.05, 3.63) is 35.4 Å². The van der Waals surface area contributed by atoms with E-state index in [9.17, 15) is 22.8 Å². The van der Waals surface area contributed by atoms with Crippen molar-refractivity contribution < 1.29 is 37.1 Å². The summed E-state index contributed by atoms with van der Waals surface area (Å²) in [4.78, 5) is 34.9. The largest absolute Gasteiger partial charge is 0.437 e. The van der Waals surface area contributed by atoms with Gasteiger partial charge in [0.15, 0.2) is 5.84 Å². The second-order valence-electron chi connectivity index (χ2n) is 7.70. The molecule has 2 unspecified atom stereocenters. The van der Waals surface area contributed by atoms with Gasteiger partial charge in [-0.1, -0.05) is 12.1 Å². The number of hydrogen-bond acceptors (Lipinski definition) is 7. The maximum absolute atomic E-state index is 12.8. The Hall–Kier alpha value is -2.70. The van der Waals surface area contributed by atoms with Crippen LogP contribution in [0.25, 0.3) is 0 Å². The first-order chi connectivity index (χ1) is 15.3. The number of alkyl halides is 3. The summed E-state index contributed by atoms with van der Waals surface area (Å²) in [5, 5.41) is 2.80. The van der Waals surface area contributed by atoms with Crippen molar-refractivity contribution in [2.24, 2.45) is 10.9 Å². The van der Waals surface area contributed by atoms with Crippen LogP contribution in [0.5, 0.6) is 0 Å². The smallest absolute Gasteiger partial charge is 0.381 e. The number of benzene rings is 1. The van der Waals surface area contributed by atoms with E-state index in [1.165, 1.54) is 24.3 Å². The third-order valence-corrected chi connectivity index (χ3v) is 5.50. The van der Waals surface area contributed by atoms with Gasteiger partial charge in [0.05, 0.1) is 31.8 Å². The molecule has 0 saturated carbocycles. The molecule has 9 nitrogen and oxygen atoms in total. The van der Waals surface area contributed by atoms with Crippen LogP contribution in [0.4, 0.5) is 13.2 Å². The second kappa shape index (κ2) is 9.43. The SMILES string of the molecule is O=C(NC[C@@H]1COCCN1C(=O)C1CCOC1)c1ccc(C2=NC(C(F)(F)F)ON2)cc1. The number of carbonyl (C=O) groups is 2. The lowest BCUT2D eigenvalue weighted by Gasteiger charge is -2.37. The minimum absolute atomic E-state index is 0.0126. The van der Waals surface area contributed by atoms with Gasteiger partial charge in [-0.05, 0) is 18.6 Å². The Morgan fingerprint density at radius 2 is 1.91 bits per heavy atom. The Morgan fingerprint density at radius 1 is 1.16 bits per heavy atom. The van der Waals surface area contributed by atoms with Crippen LogP contribution >= 0.6 is 0 Å². The maximum atomic E-state index is 12.8. The number of carbonyl (C=O) groups excluding carboxylic acids is 2. The minimum Gasteiger partial charge on any atom is -0.381 e. The zero-order valence-electron chi connectivity index (χ0n) is 17.1. The summed E-state index contributed by atoms with van der Waals surface area (Å²) in [5.74, 6) is -0.585. The molecular formula is C20H23F3N4O5. The normalized spacial score (nSPS) is 25.9. The van der Waals surface area contributed by atoms with Crippen LogP contribution in [0.15, 0.2) is 29.3 Å². The van der Waals surface area contributed by atoms with E-state index >= 15 is 0 Å². The third kappa shape index (κ3) is 5.03. The molecule has 0 spiro atoms. The molecule has 0 aliphatic carbocycles. The first-order valence-electron chi connectivity index (χ1n) is 10.2. The molecule has 2 amide bonds. The lowest BCUT2D eigenvalue weighted by molar-refractivity contribution is -0.220. The molecule has 12 heteroatoms. The van der Waals surface area contributed by atoms with E-state index in [-0.39, 0.29) is 36.2 Å². The number of amides is 2. The van der Waals surface area contributed by atoms with E-state index < -0.39 is 12.4 Å². The number of aliphatic imine (C=N–C) groups is 1. The summed E-state index contributed by atoms with van der Waals surface area (Å²) in [6, 6.07) is 5.62. The maximum Gasteiger partial charge on any atom is 0.437 e. The van der Waals surface area contributed by atoms with Crippen molar-refractivity contribution in [1.29, 1.82) is 0 Å². The number of nitrogens with zero attached hydrogens (tertiary/aromatic N) is 2. The van der Waals surface area contributed by atoms with E-state index in [4.69, 9.17) is 9.47 Å². The molecule has 3 atom stereocenters. The molecule has 2 saturated heterocycles. The Bertz CT molecular complexity index is 871. The van der Waals surface area contributed by atoms with E-state index in [2.05, 4.69) is 20.6 Å². The van der Waals surface area contributed by atoms with E-state index in [0.29, 0.717) is 50.5 Å². The number of ether oxygens (including phenoxy) is 2. The average Bonchev–Trinajstić information content (AvgIpc) is 3.50. The number of rotatable bonds is 5. The number of amidine groups is 1. The Balaban J connectivity index is 1.34. The summed E-state index contributed by atoms with van der Waals surface area (Å²) >= 11 is 0. The minimum atomic E-state index is -4.61. The van der Waals surface area contributed by atoms with Gasteiger partial charge in [0.1, 0.15) is 0 Å². The van der Waals surface area contributed by atoms with Crippen molar-refractivity contribution in [3.8, 4) is 0 Å². The van der Waals surface area contributed by atoms with Gasteiger partial charge in [-0.25, -0.2) is 15.3 Å². The molecule has 1 aromatic rings. The number of halogens is 3. The van der Waals surface area contributed by atoms with E-state index in [1.54, 1.807) is 4.90 Å². The highest BCUT2D eigenvalue weighted by Crippen LogP contribution is 2.26. The molecule has 2 fully saturated rings. The summed E-state index contributed by atoms with van der Waals surface area (Å²) in [6.07, 6.45) is -6.19. The van der Waals surface area contributed by atoms with E-state index in [1.807, 2.05) is 0 Å². The quantitative estimate of drug-likeness (QED) is 0.682. The van der Waals surface area contributed by atoms with E-state index in [0.717, 1.165) is 0 Å². The fourth-order valence-electron chi connectivity index (χ4n) is 3.72. The van der Waals surface area contributed by atoms with Crippen LogP contribution in [0.1, 0.15) is 22.3 Å². The van der Waals surface area contributed by atoms with Crippen molar-refractivity contribution >= 4 is 17.6 Å². The molecular weight excluding hydrogens is 433 g/mol. The average molecular weight is 456 g/mol. The Kier molecular flexibility index (Phi) is 6.63. The molecule has 3 aliphatic heterocycles. The standard InChI is InChI=1S/C20H23F3N4O5/c21-20(22,23)19-25-16(26-32-19)12-1-3-13(4-2-12)17(28)24-9-15-11-31-8-6-27(15)18(29)14-5-7-30-10-14/h1-4,14-15,19H,5-11H2,(H,24,28)(H,25,26)/t14?,15-,19?/m1/s1. The zero-order chi connectivity index (χ0) is 22.7. The summed E-state index contributed by atoms with van der Waals surface area (Å²) < 4.78 is 48.8. The molecule has 174 valence electrons. The molecule has 32 heavy (non-hydrogen) atoms.